The van der Waals surface area contributed by atoms with Gasteiger partial charge in [0.25, 0.3) is 0 Å². The number of amides is 1. The van der Waals surface area contributed by atoms with Gasteiger partial charge in [-0.25, -0.2) is 0 Å². The summed E-state index contributed by atoms with van der Waals surface area (Å²) in [5.74, 6) is 0.745. The average Bonchev–Trinajstić information content (AvgIpc) is 3.29. The van der Waals surface area contributed by atoms with Crippen molar-refractivity contribution in [2.24, 2.45) is 0 Å². The van der Waals surface area contributed by atoms with E-state index in [9.17, 15) is 18.0 Å². The Kier molecular flexibility index (Phi) is 8.21. The maximum atomic E-state index is 12.8. The molecule has 1 heterocycles. The Morgan fingerprint density at radius 3 is 2.41 bits per heavy atom. The van der Waals surface area contributed by atoms with E-state index in [1.807, 2.05) is 19.1 Å². The van der Waals surface area contributed by atoms with Gasteiger partial charge in [0.05, 0.1) is 25.7 Å². The number of hydrogen-bond donors (Lipinski definition) is 0. The molecule has 0 unspecified atom stereocenters. The fraction of sp³-hybridized carbons (Fsp3) is 0.333. The smallest absolute Gasteiger partial charge is 0.493 e. The predicted molar refractivity (Wildman–Crippen MR) is 117 cm³/mol. The fourth-order valence-electron chi connectivity index (χ4n) is 3.01. The van der Waals surface area contributed by atoms with Crippen LogP contribution in [0.15, 0.2) is 47.6 Å². The van der Waals surface area contributed by atoms with Gasteiger partial charge in [0, 0.05) is 13.1 Å². The van der Waals surface area contributed by atoms with Gasteiger partial charge in [0.1, 0.15) is 5.75 Å². The Bertz CT molecular complexity index is 1110. The van der Waals surface area contributed by atoms with Gasteiger partial charge >= 0.3 is 6.36 Å². The summed E-state index contributed by atoms with van der Waals surface area (Å²) < 4.78 is 52.8. The van der Waals surface area contributed by atoms with Gasteiger partial charge in [0.15, 0.2) is 11.5 Å². The molecule has 1 aromatic heterocycles. The van der Waals surface area contributed by atoms with E-state index < -0.39 is 6.36 Å². The number of thioether (sulfide) groups is 1. The number of halogens is 3. The van der Waals surface area contributed by atoms with E-state index in [-0.39, 0.29) is 17.4 Å². The molecule has 3 rings (SSSR count). The highest BCUT2D eigenvalue weighted by Gasteiger charge is 2.31. The zero-order chi connectivity index (χ0) is 24.7. The lowest BCUT2D eigenvalue weighted by Crippen LogP contribution is -2.31. The first-order valence-corrected chi connectivity index (χ1v) is 11.0. The second kappa shape index (κ2) is 11.1. The van der Waals surface area contributed by atoms with Crippen LogP contribution < -0.4 is 14.2 Å². The van der Waals surface area contributed by atoms with Crippen LogP contribution in [0.5, 0.6) is 17.2 Å². The van der Waals surface area contributed by atoms with Gasteiger partial charge < -0.3 is 19.1 Å². The Hall–Kier alpha value is -3.48. The maximum absolute atomic E-state index is 12.8. The first-order valence-electron chi connectivity index (χ1n) is 10.00. The summed E-state index contributed by atoms with van der Waals surface area (Å²) in [5.41, 5.74) is 1.30. The fourth-order valence-corrected chi connectivity index (χ4v) is 3.81. The van der Waals surface area contributed by atoms with E-state index in [1.54, 1.807) is 25.2 Å². The van der Waals surface area contributed by atoms with Gasteiger partial charge in [-0.3, -0.25) is 4.79 Å². The van der Waals surface area contributed by atoms with E-state index in [0.29, 0.717) is 35.4 Å². The number of nitrogens with zero attached hydrogens (tertiary/aromatic N) is 5. The number of rotatable bonds is 10. The molecule has 0 radical (unpaired) electrons. The highest BCUT2D eigenvalue weighted by atomic mass is 32.2. The SMILES string of the molecule is CCN(Cc1ccc(OC)c(OC)c1)C(=O)CSc1nnnn1-c1ccc(OC(F)(F)F)cc1. The molecule has 0 N–H and O–H groups in total. The number of hydrogen-bond acceptors (Lipinski definition) is 8. The molecule has 0 atom stereocenters. The van der Waals surface area contributed by atoms with E-state index in [0.717, 1.165) is 29.5 Å². The third kappa shape index (κ3) is 6.53. The Labute approximate surface area is 197 Å². The van der Waals surface area contributed by atoms with Crippen LogP contribution in [0, 0.1) is 0 Å². The summed E-state index contributed by atoms with van der Waals surface area (Å²) in [6, 6.07) is 10.5. The van der Waals surface area contributed by atoms with Crippen LogP contribution in [0.25, 0.3) is 5.69 Å². The first kappa shape index (κ1) is 25.1. The molecule has 2 aromatic carbocycles. The molecule has 0 aliphatic rings. The molecular formula is C21H22F3N5O4S. The van der Waals surface area contributed by atoms with Crippen molar-refractivity contribution in [2.75, 3.05) is 26.5 Å². The van der Waals surface area contributed by atoms with Crippen LogP contribution in [-0.2, 0) is 11.3 Å². The van der Waals surface area contributed by atoms with Gasteiger partial charge in [-0.1, -0.05) is 17.8 Å². The summed E-state index contributed by atoms with van der Waals surface area (Å²) in [7, 11) is 3.09. The molecule has 0 bridgehead atoms. The lowest BCUT2D eigenvalue weighted by atomic mass is 10.2. The molecule has 0 saturated heterocycles. The average molecular weight is 497 g/mol. The lowest BCUT2D eigenvalue weighted by molar-refractivity contribution is -0.274. The third-order valence-electron chi connectivity index (χ3n) is 4.64. The normalized spacial score (nSPS) is 11.2. The van der Waals surface area contributed by atoms with Gasteiger partial charge in [-0.2, -0.15) is 4.68 Å². The number of benzene rings is 2. The molecule has 0 fully saturated rings. The number of methoxy groups -OCH3 is 2. The van der Waals surface area contributed by atoms with E-state index in [1.165, 1.54) is 16.8 Å². The van der Waals surface area contributed by atoms with Crippen LogP contribution in [-0.4, -0.2) is 63.9 Å². The van der Waals surface area contributed by atoms with E-state index >= 15 is 0 Å². The molecular weight excluding hydrogens is 475 g/mol. The number of carbonyl (C=O) groups is 1. The molecule has 0 aliphatic heterocycles. The molecule has 0 spiro atoms. The molecule has 1 amide bonds. The molecule has 3 aromatic rings. The van der Waals surface area contributed by atoms with Gasteiger partial charge in [-0.05, 0) is 59.3 Å². The molecule has 13 heteroatoms. The summed E-state index contributed by atoms with van der Waals surface area (Å²) in [5, 5.41) is 11.7. The Morgan fingerprint density at radius 1 is 1.09 bits per heavy atom. The highest BCUT2D eigenvalue weighted by Crippen LogP contribution is 2.28. The van der Waals surface area contributed by atoms with E-state index in [4.69, 9.17) is 9.47 Å². The highest BCUT2D eigenvalue weighted by molar-refractivity contribution is 7.99. The van der Waals surface area contributed by atoms with Crippen molar-refractivity contribution in [3.05, 3.63) is 48.0 Å². The van der Waals surface area contributed by atoms with Gasteiger partial charge in [0.2, 0.25) is 11.1 Å². The summed E-state index contributed by atoms with van der Waals surface area (Å²) >= 11 is 1.12. The van der Waals surface area contributed by atoms with Crippen molar-refractivity contribution >= 4 is 17.7 Å². The first-order chi connectivity index (χ1) is 16.2. The van der Waals surface area contributed by atoms with Crippen LogP contribution in [0.3, 0.4) is 0 Å². The number of carbonyl (C=O) groups excluding carboxylic acids is 1. The largest absolute Gasteiger partial charge is 0.573 e. The molecule has 0 aliphatic carbocycles. The van der Waals surface area contributed by atoms with Crippen molar-refractivity contribution < 1.29 is 32.2 Å². The monoisotopic (exact) mass is 497 g/mol. The lowest BCUT2D eigenvalue weighted by Gasteiger charge is -2.21. The second-order valence-corrected chi connectivity index (χ2v) is 7.74. The number of ether oxygens (including phenoxy) is 3. The van der Waals surface area contributed by atoms with Crippen LogP contribution in [0.1, 0.15) is 12.5 Å². The van der Waals surface area contributed by atoms with Crippen LogP contribution in [0.4, 0.5) is 13.2 Å². The Balaban J connectivity index is 1.64. The number of alkyl halides is 3. The Morgan fingerprint density at radius 2 is 1.79 bits per heavy atom. The van der Waals surface area contributed by atoms with Crippen molar-refractivity contribution in [3.63, 3.8) is 0 Å². The van der Waals surface area contributed by atoms with Crippen LogP contribution >= 0.6 is 11.8 Å². The quantitative estimate of drug-likeness (QED) is 0.392. The van der Waals surface area contributed by atoms with Crippen molar-refractivity contribution in [2.45, 2.75) is 25.0 Å². The summed E-state index contributed by atoms with van der Waals surface area (Å²) in [6.07, 6.45) is -4.78. The maximum Gasteiger partial charge on any atom is 0.573 e. The molecule has 9 nitrogen and oxygen atoms in total. The molecule has 182 valence electrons. The number of aromatic nitrogens is 4. The minimum absolute atomic E-state index is 0.0662. The van der Waals surface area contributed by atoms with Crippen LogP contribution in [0.2, 0.25) is 0 Å². The van der Waals surface area contributed by atoms with Crippen molar-refractivity contribution in [1.29, 1.82) is 0 Å². The zero-order valence-electron chi connectivity index (χ0n) is 18.6. The minimum Gasteiger partial charge on any atom is -0.493 e. The van der Waals surface area contributed by atoms with Crippen molar-refractivity contribution in [3.8, 4) is 22.9 Å². The summed E-state index contributed by atoms with van der Waals surface area (Å²) in [6.45, 7) is 2.74. The minimum atomic E-state index is -4.78. The topological polar surface area (TPSA) is 91.6 Å². The zero-order valence-corrected chi connectivity index (χ0v) is 19.4. The molecule has 34 heavy (non-hydrogen) atoms. The standard InChI is InChI=1S/C21H22F3N5O4S/c1-4-28(12-14-5-10-17(31-2)18(11-14)32-3)19(30)13-34-20-25-26-27-29(20)15-6-8-16(9-7-15)33-21(22,23)24/h5-11H,4,12-13H2,1-3H3. The number of tetrazole rings is 1. The summed E-state index contributed by atoms with van der Waals surface area (Å²) in [4.78, 5) is 14.5. The second-order valence-electron chi connectivity index (χ2n) is 6.80. The third-order valence-corrected chi connectivity index (χ3v) is 5.54. The van der Waals surface area contributed by atoms with E-state index in [2.05, 4.69) is 20.3 Å². The predicted octanol–water partition coefficient (Wildman–Crippen LogP) is 3.72. The van der Waals surface area contributed by atoms with Gasteiger partial charge in [-0.15, -0.1) is 18.3 Å². The molecule has 0 saturated carbocycles. The van der Waals surface area contributed by atoms with Crippen molar-refractivity contribution in [1.82, 2.24) is 25.1 Å².